The number of halogens is 1. The molecule has 7 heteroatoms. The van der Waals surface area contributed by atoms with Gasteiger partial charge in [0.2, 0.25) is 5.78 Å². The summed E-state index contributed by atoms with van der Waals surface area (Å²) in [6, 6.07) is 17.4. The average molecular weight is 401 g/mol. The van der Waals surface area contributed by atoms with Crippen molar-refractivity contribution in [1.82, 2.24) is 4.98 Å². The molecule has 0 bridgehead atoms. The third-order valence-electron chi connectivity index (χ3n) is 3.57. The van der Waals surface area contributed by atoms with Gasteiger partial charge in [0.1, 0.15) is 0 Å². The molecule has 0 saturated heterocycles. The molecule has 0 fully saturated rings. The Kier molecular flexibility index (Phi) is 6.08. The number of carbonyl (C=O) groups excluding carboxylic acids is 1. The first-order valence-corrected chi connectivity index (χ1v) is 7.32. The zero-order chi connectivity index (χ0) is 16.9. The minimum atomic E-state index is -0.547. The maximum Gasteiger partial charge on any atom is 0.287 e. The quantitative estimate of drug-likeness (QED) is 0.284. The summed E-state index contributed by atoms with van der Waals surface area (Å²) in [6.07, 6.45) is 3.29. The molecule has 126 valence electrons. The lowest BCUT2D eigenvalue weighted by Gasteiger charge is -2.02. The van der Waals surface area contributed by atoms with Gasteiger partial charge < -0.3 is 0 Å². The van der Waals surface area contributed by atoms with Crippen molar-refractivity contribution < 1.29 is 14.3 Å². The van der Waals surface area contributed by atoms with Crippen LogP contribution in [0.25, 0.3) is 11.3 Å². The summed E-state index contributed by atoms with van der Waals surface area (Å²) in [6.45, 7) is -0.00702. The minimum Gasteiger partial charge on any atom is -0.289 e. The van der Waals surface area contributed by atoms with Crippen molar-refractivity contribution in [2.24, 2.45) is 0 Å². The fourth-order valence-corrected chi connectivity index (χ4v) is 2.38. The van der Waals surface area contributed by atoms with Gasteiger partial charge in [-0.3, -0.25) is 14.9 Å². The Hall–Kier alpha value is -2.93. The van der Waals surface area contributed by atoms with Crippen LogP contribution in [0, 0.1) is 10.1 Å². The molecule has 0 aliphatic rings. The van der Waals surface area contributed by atoms with Gasteiger partial charge >= 0.3 is 0 Å². The van der Waals surface area contributed by atoms with Crippen LogP contribution in [-0.4, -0.2) is 15.7 Å². The van der Waals surface area contributed by atoms with Crippen LogP contribution in [0.4, 0.5) is 5.69 Å². The highest BCUT2D eigenvalue weighted by molar-refractivity contribution is 8.93. The van der Waals surface area contributed by atoms with E-state index in [4.69, 9.17) is 0 Å². The summed E-state index contributed by atoms with van der Waals surface area (Å²) in [5.74, 6) is -0.332. The molecule has 2 aromatic carbocycles. The van der Waals surface area contributed by atoms with E-state index in [0.29, 0.717) is 0 Å². The van der Waals surface area contributed by atoms with Gasteiger partial charge in [-0.15, -0.1) is 17.0 Å². The Morgan fingerprint density at radius 2 is 1.72 bits per heavy atom. The van der Waals surface area contributed by atoms with E-state index in [1.807, 2.05) is 36.4 Å². The number of para-hydroxylation sites is 1. The number of Topliss-reactive ketones (excluding diaryl/α,β-unsaturated/α-hetero) is 1. The fourth-order valence-electron chi connectivity index (χ4n) is 2.38. The monoisotopic (exact) mass is 400 g/mol. The molecule has 0 spiro atoms. The molecule has 0 amide bonds. The number of nitro groups is 1. The smallest absolute Gasteiger partial charge is 0.287 e. The second-order valence-corrected chi connectivity index (χ2v) is 5.18. The number of hydrogen-bond donors (Lipinski definition) is 0. The Balaban J connectivity index is 0.00000225. The predicted molar refractivity (Wildman–Crippen MR) is 97.6 cm³/mol. The van der Waals surface area contributed by atoms with E-state index in [1.54, 1.807) is 23.2 Å². The van der Waals surface area contributed by atoms with Crippen LogP contribution in [0.15, 0.2) is 73.2 Å². The van der Waals surface area contributed by atoms with E-state index in [1.165, 1.54) is 18.2 Å². The highest BCUT2D eigenvalue weighted by Crippen LogP contribution is 2.18. The summed E-state index contributed by atoms with van der Waals surface area (Å²) >= 11 is 0. The maximum atomic E-state index is 12.3. The van der Waals surface area contributed by atoms with E-state index < -0.39 is 4.92 Å². The Morgan fingerprint density at radius 1 is 1.04 bits per heavy atom. The van der Waals surface area contributed by atoms with Gasteiger partial charge in [0.15, 0.2) is 12.2 Å². The van der Waals surface area contributed by atoms with Gasteiger partial charge in [-0.05, 0) is 11.1 Å². The van der Waals surface area contributed by atoms with Crippen molar-refractivity contribution in [3.8, 4) is 11.3 Å². The SMILES string of the molecule is Br.O=C(C[n+]1ccc(-c2ccccc2)nc1)c1ccccc1[N+](=O)[O-]. The third kappa shape index (κ3) is 4.33. The minimum absolute atomic E-state index is 0. The molecule has 0 atom stereocenters. The molecule has 0 saturated carbocycles. The normalized spacial score (nSPS) is 9.92. The molecule has 0 aliphatic carbocycles. The lowest BCUT2D eigenvalue weighted by Crippen LogP contribution is -2.37. The standard InChI is InChI=1S/C18H14N3O3.BrH/c22-18(15-8-4-5-9-17(15)21(23)24)12-20-11-10-16(19-13-20)14-6-2-1-3-7-14;/h1-11,13H,12H2;1H/q+1;. The lowest BCUT2D eigenvalue weighted by molar-refractivity contribution is -0.686. The first-order chi connectivity index (χ1) is 11.6. The van der Waals surface area contributed by atoms with Crippen molar-refractivity contribution in [3.63, 3.8) is 0 Å². The predicted octanol–water partition coefficient (Wildman–Crippen LogP) is 3.41. The molecule has 0 unspecified atom stereocenters. The number of carbonyl (C=O) groups is 1. The Bertz CT molecular complexity index is 884. The molecule has 6 nitrogen and oxygen atoms in total. The zero-order valence-corrected chi connectivity index (χ0v) is 14.8. The van der Waals surface area contributed by atoms with Gasteiger partial charge in [-0.25, -0.2) is 4.57 Å². The molecule has 0 aliphatic heterocycles. The number of aromatic nitrogens is 2. The fraction of sp³-hybridized carbons (Fsp3) is 0.0556. The summed E-state index contributed by atoms with van der Waals surface area (Å²) in [5.41, 5.74) is 1.69. The van der Waals surface area contributed by atoms with E-state index in [2.05, 4.69) is 4.98 Å². The molecular weight excluding hydrogens is 386 g/mol. The Labute approximate surface area is 154 Å². The molecule has 0 radical (unpaired) electrons. The number of nitro benzene ring substituents is 1. The van der Waals surface area contributed by atoms with Crippen molar-refractivity contribution in [3.05, 3.63) is 88.9 Å². The molecule has 25 heavy (non-hydrogen) atoms. The molecule has 1 heterocycles. The highest BCUT2D eigenvalue weighted by atomic mass is 79.9. The number of benzene rings is 2. The van der Waals surface area contributed by atoms with Crippen LogP contribution in [0.5, 0.6) is 0 Å². The van der Waals surface area contributed by atoms with Gasteiger partial charge in [0.25, 0.3) is 12.0 Å². The van der Waals surface area contributed by atoms with E-state index in [-0.39, 0.29) is 40.6 Å². The van der Waals surface area contributed by atoms with E-state index >= 15 is 0 Å². The highest BCUT2D eigenvalue weighted by Gasteiger charge is 2.21. The molecule has 1 aromatic heterocycles. The third-order valence-corrected chi connectivity index (χ3v) is 3.57. The average Bonchev–Trinajstić information content (AvgIpc) is 2.63. The van der Waals surface area contributed by atoms with Crippen molar-refractivity contribution in [1.29, 1.82) is 0 Å². The molecular formula is C18H15BrN3O3+. The summed E-state index contributed by atoms with van der Waals surface area (Å²) in [7, 11) is 0. The van der Waals surface area contributed by atoms with Crippen LogP contribution in [0.3, 0.4) is 0 Å². The van der Waals surface area contributed by atoms with Crippen LogP contribution in [0.2, 0.25) is 0 Å². The van der Waals surface area contributed by atoms with Crippen LogP contribution in [-0.2, 0) is 6.54 Å². The largest absolute Gasteiger partial charge is 0.289 e. The van der Waals surface area contributed by atoms with Crippen LogP contribution < -0.4 is 4.57 Å². The number of rotatable bonds is 5. The molecule has 3 aromatic rings. The summed E-state index contributed by atoms with van der Waals surface area (Å²) < 4.78 is 1.60. The number of hydrogen-bond acceptors (Lipinski definition) is 4. The topological polar surface area (TPSA) is 77.0 Å². The number of ketones is 1. The van der Waals surface area contributed by atoms with Crippen LogP contribution in [0.1, 0.15) is 10.4 Å². The van der Waals surface area contributed by atoms with Gasteiger partial charge in [-0.1, -0.05) is 42.5 Å². The first kappa shape index (κ1) is 18.4. The maximum absolute atomic E-state index is 12.3. The lowest BCUT2D eigenvalue weighted by atomic mass is 10.1. The van der Waals surface area contributed by atoms with Gasteiger partial charge in [-0.2, -0.15) is 0 Å². The summed E-state index contributed by atoms with van der Waals surface area (Å²) in [5, 5.41) is 11.0. The molecule has 3 rings (SSSR count). The van der Waals surface area contributed by atoms with Crippen molar-refractivity contribution in [2.45, 2.75) is 6.54 Å². The number of nitrogens with zero attached hydrogens (tertiary/aromatic N) is 3. The summed E-state index contributed by atoms with van der Waals surface area (Å²) in [4.78, 5) is 27.1. The second kappa shape index (κ2) is 8.25. The first-order valence-electron chi connectivity index (χ1n) is 7.32. The van der Waals surface area contributed by atoms with E-state index in [9.17, 15) is 14.9 Å². The van der Waals surface area contributed by atoms with E-state index in [0.717, 1.165) is 11.3 Å². The van der Waals surface area contributed by atoms with Crippen molar-refractivity contribution >= 4 is 28.5 Å². The molecule has 0 N–H and O–H groups in total. The van der Waals surface area contributed by atoms with Crippen molar-refractivity contribution in [2.75, 3.05) is 0 Å². The second-order valence-electron chi connectivity index (χ2n) is 5.18. The Morgan fingerprint density at radius 3 is 2.36 bits per heavy atom. The van der Waals surface area contributed by atoms with Gasteiger partial charge in [0.05, 0.1) is 16.7 Å². The van der Waals surface area contributed by atoms with Crippen LogP contribution >= 0.6 is 17.0 Å². The van der Waals surface area contributed by atoms with Gasteiger partial charge in [0, 0.05) is 17.7 Å². The zero-order valence-electron chi connectivity index (χ0n) is 13.1.